The molecule has 4 rings (SSSR count). The van der Waals surface area contributed by atoms with Gasteiger partial charge in [0.1, 0.15) is 18.5 Å². The molecular weight excluding hydrogens is 537 g/mol. The fourth-order valence-corrected chi connectivity index (χ4v) is 7.00. The lowest BCUT2D eigenvalue weighted by Gasteiger charge is -2.54. The van der Waals surface area contributed by atoms with Gasteiger partial charge in [0.25, 0.3) is 0 Å². The molecule has 2 aliphatic rings. The monoisotopic (exact) mass is 580 g/mol. The van der Waals surface area contributed by atoms with E-state index < -0.39 is 29.6 Å². The second kappa shape index (κ2) is 12.0. The Hall–Kier alpha value is -2.53. The van der Waals surface area contributed by atoms with Gasteiger partial charge in [0.15, 0.2) is 0 Å². The van der Waals surface area contributed by atoms with Gasteiger partial charge in [-0.1, -0.05) is 6.92 Å². The fraction of sp³-hybridized carbons (Fsp3) is 0.733. The third-order valence-electron chi connectivity index (χ3n) is 8.37. The summed E-state index contributed by atoms with van der Waals surface area (Å²) in [4.78, 5) is 28.7. The predicted molar refractivity (Wildman–Crippen MR) is 149 cm³/mol. The number of likely N-dealkylation sites (tertiary alicyclic amines) is 1. The highest BCUT2D eigenvalue weighted by molar-refractivity contribution is 5.86. The molecule has 1 N–H and O–H groups in total. The summed E-state index contributed by atoms with van der Waals surface area (Å²) in [6, 6.07) is 0. The summed E-state index contributed by atoms with van der Waals surface area (Å²) in [5.41, 5.74) is 0.552. The number of nitrogens with zero attached hydrogens (tertiary/aromatic N) is 4. The number of piperidine rings is 1. The second-order valence-electron chi connectivity index (χ2n) is 13.1. The molecule has 1 atom stereocenters. The lowest BCUT2D eigenvalue weighted by Crippen LogP contribution is -2.65. The minimum atomic E-state index is -4.25. The molecule has 0 bridgehead atoms. The Bertz CT molecular complexity index is 1210. The van der Waals surface area contributed by atoms with Gasteiger partial charge in [-0.25, -0.2) is 15.0 Å². The van der Waals surface area contributed by atoms with Crippen molar-refractivity contribution in [1.82, 2.24) is 19.9 Å². The van der Waals surface area contributed by atoms with E-state index in [0.29, 0.717) is 48.3 Å². The number of carbonyl (C=O) groups is 1. The van der Waals surface area contributed by atoms with E-state index in [1.165, 1.54) is 7.11 Å². The van der Waals surface area contributed by atoms with E-state index in [0.717, 1.165) is 18.4 Å². The van der Waals surface area contributed by atoms with Crippen LogP contribution in [0.1, 0.15) is 96.9 Å². The summed E-state index contributed by atoms with van der Waals surface area (Å²) in [6.07, 6.45) is 1.83. The van der Waals surface area contributed by atoms with Crippen LogP contribution in [0.15, 0.2) is 12.4 Å². The van der Waals surface area contributed by atoms with Crippen LogP contribution in [-0.2, 0) is 16.0 Å². The number of aliphatic hydroxyl groups excluding tert-OH is 1. The van der Waals surface area contributed by atoms with Crippen LogP contribution in [0.2, 0.25) is 0 Å². The van der Waals surface area contributed by atoms with Gasteiger partial charge in [0.2, 0.25) is 11.8 Å². The number of hydrogen-bond donors (Lipinski definition) is 1. The Morgan fingerprint density at radius 1 is 1.10 bits per heavy atom. The molecule has 2 aromatic heterocycles. The molecule has 228 valence electrons. The molecule has 8 nitrogen and oxygen atoms in total. The number of halogens is 3. The van der Waals surface area contributed by atoms with Crippen molar-refractivity contribution in [3.05, 3.63) is 23.8 Å². The molecule has 1 amide bonds. The molecule has 0 unspecified atom stereocenters. The third-order valence-corrected chi connectivity index (χ3v) is 8.37. The molecule has 0 aromatic carbocycles. The number of carbonyl (C=O) groups excluding carboxylic acids is 1. The maximum absolute atomic E-state index is 13.0. The van der Waals surface area contributed by atoms with Crippen molar-refractivity contribution in [1.29, 1.82) is 0 Å². The molecule has 41 heavy (non-hydrogen) atoms. The lowest BCUT2D eigenvalue weighted by atomic mass is 9.78. The van der Waals surface area contributed by atoms with Crippen LogP contribution >= 0.6 is 0 Å². The maximum Gasteiger partial charge on any atom is 0.389 e. The number of hydrogen-bond acceptors (Lipinski definition) is 7. The van der Waals surface area contributed by atoms with Crippen LogP contribution in [0, 0.1) is 5.92 Å². The number of rotatable bonds is 8. The smallest absolute Gasteiger partial charge is 0.389 e. The van der Waals surface area contributed by atoms with Crippen LogP contribution in [-0.4, -0.2) is 74.0 Å². The van der Waals surface area contributed by atoms with Crippen molar-refractivity contribution < 1.29 is 32.5 Å². The molecule has 1 aliphatic carbocycles. The molecule has 1 saturated heterocycles. The number of aliphatic hydroxyl groups is 1. The van der Waals surface area contributed by atoms with Gasteiger partial charge in [-0.05, 0) is 65.2 Å². The summed E-state index contributed by atoms with van der Waals surface area (Å²) in [5.74, 6) is 0.130. The summed E-state index contributed by atoms with van der Waals surface area (Å²) >= 11 is 0. The Morgan fingerprint density at radius 2 is 1.73 bits per heavy atom. The maximum atomic E-state index is 13.0. The Kier molecular flexibility index (Phi) is 9.18. The van der Waals surface area contributed by atoms with Gasteiger partial charge in [-0.3, -0.25) is 4.79 Å². The fourth-order valence-electron chi connectivity index (χ4n) is 7.00. The normalized spacial score (nSPS) is 23.9. The van der Waals surface area contributed by atoms with Gasteiger partial charge in [0, 0.05) is 61.8 Å². The summed E-state index contributed by atoms with van der Waals surface area (Å²) < 4.78 is 50.6. The first-order valence-corrected chi connectivity index (χ1v) is 14.5. The van der Waals surface area contributed by atoms with E-state index in [1.807, 2.05) is 32.6 Å². The summed E-state index contributed by atoms with van der Waals surface area (Å²) in [7, 11) is 1.51. The van der Waals surface area contributed by atoms with Crippen molar-refractivity contribution in [3.63, 3.8) is 0 Å². The van der Waals surface area contributed by atoms with E-state index in [9.17, 15) is 23.1 Å². The number of amides is 1. The van der Waals surface area contributed by atoms with E-state index in [4.69, 9.17) is 19.4 Å². The van der Waals surface area contributed by atoms with Crippen molar-refractivity contribution in [2.24, 2.45) is 5.92 Å². The van der Waals surface area contributed by atoms with Crippen LogP contribution in [0.3, 0.4) is 0 Å². The first-order valence-electron chi connectivity index (χ1n) is 14.5. The van der Waals surface area contributed by atoms with Crippen LogP contribution in [0.25, 0.3) is 10.9 Å². The largest absolute Gasteiger partial charge is 0.474 e. The number of fused-ring (bicyclic) bond motifs is 1. The molecule has 2 fully saturated rings. The highest BCUT2D eigenvalue weighted by atomic mass is 19.4. The van der Waals surface area contributed by atoms with Crippen LogP contribution in [0.5, 0.6) is 5.88 Å². The predicted octanol–water partition coefficient (Wildman–Crippen LogP) is 5.75. The molecular formula is C30H43F3N4O4. The summed E-state index contributed by atoms with van der Waals surface area (Å²) in [5, 5.41) is 10.7. The molecule has 1 saturated carbocycles. The number of ether oxygens (including phenoxy) is 2. The highest BCUT2D eigenvalue weighted by Gasteiger charge is 2.48. The number of aromatic nitrogens is 3. The standard InChI is InChI=1S/C30H43F3N4O4/c1-18(12-30(31,32)33)11-24-34-16-23-26(36-24)22(19-7-9-20(38)10-8-19)15-35-27(23)41-21-13-28(2,3)37(25(39)17-40-6)29(4,5)14-21/h15-16,18-21,38H,7-14,17H2,1-6H3/t18-,19?,20?/m1/s1. The second-order valence-corrected chi connectivity index (χ2v) is 13.1. The zero-order valence-electron chi connectivity index (χ0n) is 24.9. The van der Waals surface area contributed by atoms with E-state index in [2.05, 4.69) is 4.98 Å². The Balaban J connectivity index is 1.66. The molecule has 0 spiro atoms. The molecule has 1 aliphatic heterocycles. The minimum Gasteiger partial charge on any atom is -0.474 e. The lowest BCUT2D eigenvalue weighted by molar-refractivity contribution is -0.158. The van der Waals surface area contributed by atoms with Gasteiger partial charge >= 0.3 is 6.18 Å². The van der Waals surface area contributed by atoms with Crippen molar-refractivity contribution in [2.75, 3.05) is 13.7 Å². The van der Waals surface area contributed by atoms with Crippen molar-refractivity contribution in [3.8, 4) is 5.88 Å². The first kappa shape index (κ1) is 31.4. The zero-order chi connectivity index (χ0) is 30.2. The van der Waals surface area contributed by atoms with Crippen molar-refractivity contribution >= 4 is 16.8 Å². The average molecular weight is 581 g/mol. The van der Waals surface area contributed by atoms with Gasteiger partial charge in [-0.2, -0.15) is 13.2 Å². The molecule has 11 heteroatoms. The topological polar surface area (TPSA) is 97.7 Å². The molecule has 2 aromatic rings. The van der Waals surface area contributed by atoms with Gasteiger partial charge in [-0.15, -0.1) is 0 Å². The quantitative estimate of drug-likeness (QED) is 0.425. The number of alkyl halides is 3. The van der Waals surface area contributed by atoms with Crippen LogP contribution < -0.4 is 4.74 Å². The SMILES string of the molecule is COCC(=O)N1C(C)(C)CC(Oc2ncc(C3CCC(O)CC3)c3nc(C[C@@H](C)CC(F)(F)F)ncc23)CC1(C)C. The van der Waals surface area contributed by atoms with E-state index >= 15 is 0 Å². The highest BCUT2D eigenvalue weighted by Crippen LogP contribution is 2.42. The Morgan fingerprint density at radius 3 is 2.32 bits per heavy atom. The minimum absolute atomic E-state index is 0.00545. The van der Waals surface area contributed by atoms with E-state index in [-0.39, 0.29) is 37.1 Å². The Labute approximate surface area is 240 Å². The zero-order valence-corrected chi connectivity index (χ0v) is 24.9. The van der Waals surface area contributed by atoms with E-state index in [1.54, 1.807) is 19.3 Å². The molecule has 3 heterocycles. The average Bonchev–Trinajstić information content (AvgIpc) is 2.82. The third kappa shape index (κ3) is 7.46. The summed E-state index contributed by atoms with van der Waals surface area (Å²) in [6.45, 7) is 9.62. The number of methoxy groups -OCH3 is 1. The first-order chi connectivity index (χ1) is 19.1. The number of pyridine rings is 1. The molecule has 0 radical (unpaired) electrons. The van der Waals surface area contributed by atoms with Crippen molar-refractivity contribution in [2.45, 2.75) is 121 Å². The van der Waals surface area contributed by atoms with Gasteiger partial charge < -0.3 is 19.5 Å². The van der Waals surface area contributed by atoms with Crippen LogP contribution in [0.4, 0.5) is 13.2 Å². The van der Waals surface area contributed by atoms with Gasteiger partial charge in [0.05, 0.1) is 17.0 Å².